The van der Waals surface area contributed by atoms with Crippen LogP contribution in [-0.2, 0) is 19.7 Å². The van der Waals surface area contributed by atoms with Crippen LogP contribution in [0.2, 0.25) is 15.1 Å². The maximum Gasteiger partial charge on any atom is 0.163 e. The average molecular weight is 481 g/mol. The number of benzene rings is 3. The Kier molecular flexibility index (Phi) is 8.73. The summed E-state index contributed by atoms with van der Waals surface area (Å²) in [6.45, 7) is 3.98. The van der Waals surface area contributed by atoms with Crippen molar-refractivity contribution in [3.63, 3.8) is 0 Å². The zero-order chi connectivity index (χ0) is 22.2. The minimum Gasteiger partial charge on any atom is -0.496 e. The van der Waals surface area contributed by atoms with E-state index in [4.69, 9.17) is 49.0 Å². The number of ether oxygens (including phenoxy) is 3. The van der Waals surface area contributed by atoms with E-state index in [2.05, 4.69) is 5.32 Å². The standard InChI is InChI=1S/C24H24Cl3NO3/c1-3-30-23-11-18(14-28-13-17-6-4-5-7-22(17)29-2)20(26)12-24(23)31-15-16-8-9-19(25)21(27)10-16/h4-12,28H,3,13-15H2,1-2H3. The SMILES string of the molecule is CCOc1cc(CNCc2ccccc2OC)c(Cl)cc1OCc1ccc(Cl)c(Cl)c1. The summed E-state index contributed by atoms with van der Waals surface area (Å²) in [6, 6.07) is 17.0. The summed E-state index contributed by atoms with van der Waals surface area (Å²) in [5.74, 6) is 2.06. The van der Waals surface area contributed by atoms with Crippen LogP contribution in [0.4, 0.5) is 0 Å². The van der Waals surface area contributed by atoms with Gasteiger partial charge in [-0.25, -0.2) is 0 Å². The zero-order valence-corrected chi connectivity index (χ0v) is 19.7. The van der Waals surface area contributed by atoms with Crippen molar-refractivity contribution in [2.24, 2.45) is 0 Å². The van der Waals surface area contributed by atoms with E-state index >= 15 is 0 Å². The highest BCUT2D eigenvalue weighted by Crippen LogP contribution is 2.34. The molecule has 0 saturated heterocycles. The molecule has 164 valence electrons. The molecule has 0 fully saturated rings. The van der Waals surface area contributed by atoms with Crippen LogP contribution in [0.3, 0.4) is 0 Å². The van der Waals surface area contributed by atoms with Gasteiger partial charge in [-0.3, -0.25) is 0 Å². The number of methoxy groups -OCH3 is 1. The molecule has 4 nitrogen and oxygen atoms in total. The van der Waals surface area contributed by atoms with Gasteiger partial charge in [-0.05, 0) is 42.3 Å². The molecule has 1 N–H and O–H groups in total. The van der Waals surface area contributed by atoms with Crippen LogP contribution in [0.25, 0.3) is 0 Å². The first-order valence-corrected chi connectivity index (χ1v) is 11.0. The Bertz CT molecular complexity index is 1030. The molecule has 0 atom stereocenters. The third kappa shape index (κ3) is 6.44. The second-order valence-corrected chi connectivity index (χ2v) is 8.00. The third-order valence-electron chi connectivity index (χ3n) is 4.61. The Labute approximate surface area is 198 Å². The van der Waals surface area contributed by atoms with Crippen LogP contribution in [-0.4, -0.2) is 13.7 Å². The lowest BCUT2D eigenvalue weighted by Gasteiger charge is -2.16. The van der Waals surface area contributed by atoms with Crippen molar-refractivity contribution in [2.75, 3.05) is 13.7 Å². The van der Waals surface area contributed by atoms with Gasteiger partial charge in [0.25, 0.3) is 0 Å². The summed E-state index contributed by atoms with van der Waals surface area (Å²) in [4.78, 5) is 0. The second kappa shape index (κ2) is 11.5. The van der Waals surface area contributed by atoms with E-state index in [9.17, 15) is 0 Å². The van der Waals surface area contributed by atoms with Crippen LogP contribution >= 0.6 is 34.8 Å². The molecule has 31 heavy (non-hydrogen) atoms. The molecular weight excluding hydrogens is 457 g/mol. The predicted molar refractivity (Wildman–Crippen MR) is 127 cm³/mol. The second-order valence-electron chi connectivity index (χ2n) is 6.78. The van der Waals surface area contributed by atoms with Crippen molar-refractivity contribution in [2.45, 2.75) is 26.6 Å². The Hall–Kier alpha value is -2.11. The summed E-state index contributed by atoms with van der Waals surface area (Å²) >= 11 is 18.6. The van der Waals surface area contributed by atoms with Gasteiger partial charge in [0.15, 0.2) is 11.5 Å². The fraction of sp³-hybridized carbons (Fsp3) is 0.250. The number of hydrogen-bond donors (Lipinski definition) is 1. The third-order valence-corrected chi connectivity index (χ3v) is 5.71. The van der Waals surface area contributed by atoms with Gasteiger partial charge in [0.1, 0.15) is 12.4 Å². The fourth-order valence-corrected chi connectivity index (χ4v) is 3.61. The van der Waals surface area contributed by atoms with E-state index in [1.807, 2.05) is 43.3 Å². The number of nitrogens with one attached hydrogen (secondary N) is 1. The molecule has 3 aromatic rings. The van der Waals surface area contributed by atoms with E-state index in [-0.39, 0.29) is 0 Å². The van der Waals surface area contributed by atoms with Gasteiger partial charge in [0, 0.05) is 29.7 Å². The van der Waals surface area contributed by atoms with E-state index in [1.54, 1.807) is 25.3 Å². The normalized spacial score (nSPS) is 10.7. The Morgan fingerprint density at radius 3 is 2.23 bits per heavy atom. The van der Waals surface area contributed by atoms with Crippen molar-refractivity contribution in [3.05, 3.63) is 86.4 Å². The van der Waals surface area contributed by atoms with Crippen LogP contribution in [0, 0.1) is 0 Å². The molecule has 0 aliphatic heterocycles. The van der Waals surface area contributed by atoms with Crippen molar-refractivity contribution < 1.29 is 14.2 Å². The molecule has 0 aromatic heterocycles. The number of hydrogen-bond acceptors (Lipinski definition) is 4. The monoisotopic (exact) mass is 479 g/mol. The van der Waals surface area contributed by atoms with Gasteiger partial charge in [-0.2, -0.15) is 0 Å². The van der Waals surface area contributed by atoms with Gasteiger partial charge >= 0.3 is 0 Å². The fourth-order valence-electron chi connectivity index (χ4n) is 3.07. The molecule has 0 radical (unpaired) electrons. The first-order chi connectivity index (χ1) is 15.0. The van der Waals surface area contributed by atoms with Gasteiger partial charge in [0.2, 0.25) is 0 Å². The lowest BCUT2D eigenvalue weighted by Crippen LogP contribution is -2.14. The highest BCUT2D eigenvalue weighted by Gasteiger charge is 2.12. The van der Waals surface area contributed by atoms with E-state index in [1.165, 1.54) is 0 Å². The number of halogens is 3. The van der Waals surface area contributed by atoms with Gasteiger partial charge < -0.3 is 19.5 Å². The van der Waals surface area contributed by atoms with Gasteiger partial charge in [-0.1, -0.05) is 59.1 Å². The molecule has 7 heteroatoms. The molecule has 0 amide bonds. The summed E-state index contributed by atoms with van der Waals surface area (Å²) < 4.78 is 17.1. The van der Waals surface area contributed by atoms with Crippen molar-refractivity contribution in [3.8, 4) is 17.2 Å². The average Bonchev–Trinajstić information content (AvgIpc) is 2.77. The Morgan fingerprint density at radius 2 is 1.48 bits per heavy atom. The Balaban J connectivity index is 1.69. The largest absolute Gasteiger partial charge is 0.496 e. The maximum absolute atomic E-state index is 6.53. The van der Waals surface area contributed by atoms with Gasteiger partial charge in [-0.15, -0.1) is 0 Å². The summed E-state index contributed by atoms with van der Waals surface area (Å²) in [5.41, 5.74) is 2.89. The lowest BCUT2D eigenvalue weighted by atomic mass is 10.1. The van der Waals surface area contributed by atoms with Gasteiger partial charge in [0.05, 0.1) is 23.8 Å². The van der Waals surface area contributed by atoms with Crippen molar-refractivity contribution in [1.82, 2.24) is 5.32 Å². The molecule has 0 aliphatic carbocycles. The molecule has 0 bridgehead atoms. The van der Waals surface area contributed by atoms with Crippen molar-refractivity contribution >= 4 is 34.8 Å². The Morgan fingerprint density at radius 1 is 0.742 bits per heavy atom. The molecule has 0 spiro atoms. The van der Waals surface area contributed by atoms with E-state index < -0.39 is 0 Å². The highest BCUT2D eigenvalue weighted by atomic mass is 35.5. The summed E-state index contributed by atoms with van der Waals surface area (Å²) in [5, 5.41) is 5.00. The van der Waals surface area contributed by atoms with E-state index in [0.29, 0.717) is 52.9 Å². The molecule has 3 aromatic carbocycles. The molecule has 0 heterocycles. The number of para-hydroxylation sites is 1. The highest BCUT2D eigenvalue weighted by molar-refractivity contribution is 6.42. The quantitative estimate of drug-likeness (QED) is 0.342. The lowest BCUT2D eigenvalue weighted by molar-refractivity contribution is 0.269. The van der Waals surface area contributed by atoms with Crippen LogP contribution in [0.5, 0.6) is 17.2 Å². The minimum absolute atomic E-state index is 0.318. The number of rotatable bonds is 10. The van der Waals surface area contributed by atoms with Crippen LogP contribution in [0.15, 0.2) is 54.6 Å². The van der Waals surface area contributed by atoms with Crippen molar-refractivity contribution in [1.29, 1.82) is 0 Å². The van der Waals surface area contributed by atoms with Crippen LogP contribution in [0.1, 0.15) is 23.6 Å². The summed E-state index contributed by atoms with van der Waals surface area (Å²) in [7, 11) is 1.67. The topological polar surface area (TPSA) is 39.7 Å². The predicted octanol–water partition coefficient (Wildman–Crippen LogP) is 6.92. The smallest absolute Gasteiger partial charge is 0.163 e. The molecule has 3 rings (SSSR count). The summed E-state index contributed by atoms with van der Waals surface area (Å²) in [6.07, 6.45) is 0. The van der Waals surface area contributed by atoms with E-state index in [0.717, 1.165) is 22.4 Å². The molecule has 0 unspecified atom stereocenters. The zero-order valence-electron chi connectivity index (χ0n) is 17.4. The molecule has 0 aliphatic rings. The first kappa shape index (κ1) is 23.6. The molecular formula is C24H24Cl3NO3. The molecule has 0 saturated carbocycles. The first-order valence-electron chi connectivity index (χ1n) is 9.86. The maximum atomic E-state index is 6.53. The minimum atomic E-state index is 0.318. The van der Waals surface area contributed by atoms with Crippen LogP contribution < -0.4 is 19.5 Å².